The lowest BCUT2D eigenvalue weighted by atomic mass is 9.92. The summed E-state index contributed by atoms with van der Waals surface area (Å²) in [5, 5.41) is 10.6. The Hall–Kier alpha value is -4.70. The van der Waals surface area contributed by atoms with E-state index in [4.69, 9.17) is 123 Å². The minimum absolute atomic E-state index is 0.0355. The Morgan fingerprint density at radius 2 is 0.607 bits per heavy atom. The standard InChI is InChI=1S/C80H136O27/c1-75(2,3)102-47-35-88-23-17-82-29-41-94-69-55-65(56-70(95-42-30-83-18-24-89-36-48-103-76(4,5)6)73(69)98-45-33-86-21-26-91-38-50-105-78(10,11)12)61-100-67-53-64(60-81)54-68(59-67)101-62-66-57-71(96-43-31-84-19-25-90-37-49-104-77(7,8)9)74-72(58-66)97-44-32-85-20-27-92-39-51-106-79(13,14)63-80(15,16)107-52-40-93-28-22-87-34-46-99-74/h53-59,81H,17-52,60-63H2,1-16H3. The third-order valence-electron chi connectivity index (χ3n) is 14.6. The molecule has 0 saturated carbocycles. The van der Waals surface area contributed by atoms with Gasteiger partial charge in [0.05, 0.1) is 238 Å². The van der Waals surface area contributed by atoms with Crippen molar-refractivity contribution in [1.82, 2.24) is 0 Å². The second-order valence-corrected chi connectivity index (χ2v) is 30.1. The van der Waals surface area contributed by atoms with E-state index in [1.807, 2.05) is 107 Å². The lowest BCUT2D eigenvalue weighted by Gasteiger charge is -2.35. The van der Waals surface area contributed by atoms with Crippen LogP contribution in [-0.4, -0.2) is 277 Å². The highest BCUT2D eigenvalue weighted by Gasteiger charge is 2.31. The van der Waals surface area contributed by atoms with E-state index in [0.29, 0.717) is 228 Å². The molecular weight excluding hydrogens is 1390 g/mol. The monoisotopic (exact) mass is 1530 g/mol. The fraction of sp³-hybridized carbons (Fsp3) is 0.775. The molecule has 1 aliphatic rings. The number of hydrogen-bond acceptors (Lipinski definition) is 27. The van der Waals surface area contributed by atoms with Crippen LogP contribution in [0.5, 0.6) is 46.0 Å². The molecule has 618 valence electrons. The molecule has 107 heavy (non-hydrogen) atoms. The maximum absolute atomic E-state index is 10.6. The van der Waals surface area contributed by atoms with Gasteiger partial charge >= 0.3 is 0 Å². The van der Waals surface area contributed by atoms with Crippen LogP contribution in [0.15, 0.2) is 42.5 Å². The number of benzene rings is 3. The Morgan fingerprint density at radius 3 is 0.972 bits per heavy atom. The van der Waals surface area contributed by atoms with Crippen molar-refractivity contribution in [1.29, 1.82) is 0 Å². The van der Waals surface area contributed by atoms with Crippen LogP contribution in [0.3, 0.4) is 0 Å². The topological polar surface area (TPSA) is 260 Å². The molecule has 4 rings (SSSR count). The fourth-order valence-corrected chi connectivity index (χ4v) is 10.1. The van der Waals surface area contributed by atoms with Gasteiger partial charge in [-0.2, -0.15) is 0 Å². The van der Waals surface area contributed by atoms with Gasteiger partial charge in [0.2, 0.25) is 11.5 Å². The Bertz CT molecular complexity index is 2670. The summed E-state index contributed by atoms with van der Waals surface area (Å²) in [5.74, 6) is 3.09. The van der Waals surface area contributed by atoms with Crippen LogP contribution in [0.4, 0.5) is 0 Å². The first-order chi connectivity index (χ1) is 51.1. The van der Waals surface area contributed by atoms with Gasteiger partial charge in [-0.1, -0.05) is 0 Å². The summed E-state index contributed by atoms with van der Waals surface area (Å²) < 4.78 is 157. The van der Waals surface area contributed by atoms with Crippen molar-refractivity contribution >= 4 is 0 Å². The maximum atomic E-state index is 10.6. The predicted octanol–water partition coefficient (Wildman–Crippen LogP) is 11.1. The van der Waals surface area contributed by atoms with Gasteiger partial charge in [-0.15, -0.1) is 0 Å². The van der Waals surface area contributed by atoms with Gasteiger partial charge in [0, 0.05) is 12.5 Å². The van der Waals surface area contributed by atoms with E-state index >= 15 is 0 Å². The summed E-state index contributed by atoms with van der Waals surface area (Å²) in [6, 6.07) is 12.6. The molecule has 0 amide bonds. The van der Waals surface area contributed by atoms with Crippen molar-refractivity contribution in [2.24, 2.45) is 0 Å². The molecule has 0 spiro atoms. The SMILES string of the molecule is CC(C)(C)OCCOCCOCCOc1cc(COc2cc(CO)cc(OCc3cc(OCCOCCOCCOC(C)(C)C)c4c(c3)OCCOCCOCCOC(C)(C)CC(C)(C)OCCOCCOCCO4)c2)cc(OCCOCCOCCOC(C)(C)C)c1OCCOCCOCCOC(C)(C)C. The van der Waals surface area contributed by atoms with Crippen molar-refractivity contribution in [3.05, 3.63) is 59.2 Å². The second kappa shape index (κ2) is 54.1. The molecule has 0 bridgehead atoms. The first kappa shape index (κ1) is 94.7. The molecule has 0 aliphatic carbocycles. The largest absolute Gasteiger partial charge is 0.489 e. The van der Waals surface area contributed by atoms with Gasteiger partial charge in [-0.3, -0.25) is 0 Å². The van der Waals surface area contributed by atoms with Crippen LogP contribution >= 0.6 is 0 Å². The maximum Gasteiger partial charge on any atom is 0.203 e. The quantitative estimate of drug-likeness (QED) is 0.0515. The molecule has 3 aromatic carbocycles. The summed E-state index contributed by atoms with van der Waals surface area (Å²) in [6.45, 7) is 44.3. The zero-order valence-corrected chi connectivity index (χ0v) is 67.9. The average Bonchev–Trinajstić information content (AvgIpc) is 0.815. The lowest BCUT2D eigenvalue weighted by molar-refractivity contribution is -0.118. The van der Waals surface area contributed by atoms with E-state index in [1.165, 1.54) is 0 Å². The molecular formula is C80H136O27. The first-order valence-electron chi connectivity index (χ1n) is 38.0. The van der Waals surface area contributed by atoms with Crippen molar-refractivity contribution < 1.29 is 128 Å². The molecule has 0 atom stereocenters. The molecule has 0 aromatic heterocycles. The van der Waals surface area contributed by atoms with E-state index in [-0.39, 0.29) is 122 Å². The predicted molar refractivity (Wildman–Crippen MR) is 404 cm³/mol. The van der Waals surface area contributed by atoms with E-state index in [2.05, 4.69) is 27.7 Å². The van der Waals surface area contributed by atoms with Crippen LogP contribution in [0.25, 0.3) is 0 Å². The van der Waals surface area contributed by atoms with Crippen molar-refractivity contribution in [2.45, 2.75) is 171 Å². The number of aliphatic hydroxyl groups excluding tert-OH is 1. The van der Waals surface area contributed by atoms with Crippen LogP contribution in [0, 0.1) is 0 Å². The van der Waals surface area contributed by atoms with Crippen molar-refractivity contribution in [2.75, 3.05) is 238 Å². The van der Waals surface area contributed by atoms with Crippen LogP contribution in [-0.2, 0) is 105 Å². The average molecular weight is 1530 g/mol. The smallest absolute Gasteiger partial charge is 0.203 e. The van der Waals surface area contributed by atoms with Crippen LogP contribution in [0.1, 0.15) is 134 Å². The Kier molecular flexibility index (Phi) is 47.8. The lowest BCUT2D eigenvalue weighted by Crippen LogP contribution is -2.38. The molecule has 27 heteroatoms. The zero-order valence-electron chi connectivity index (χ0n) is 67.9. The summed E-state index contributed by atoms with van der Waals surface area (Å²) in [5.41, 5.74) is 0.0267. The minimum Gasteiger partial charge on any atom is -0.489 e. The molecule has 3 aromatic rings. The molecule has 1 N–H and O–H groups in total. The Morgan fingerprint density at radius 1 is 0.308 bits per heavy atom. The number of aliphatic hydroxyl groups is 1. The number of fused-ring (bicyclic) bond motifs is 1. The molecule has 27 nitrogen and oxygen atoms in total. The van der Waals surface area contributed by atoms with Gasteiger partial charge in [-0.25, -0.2) is 0 Å². The van der Waals surface area contributed by atoms with Gasteiger partial charge in [0.25, 0.3) is 0 Å². The normalized spacial score (nSPS) is 15.8. The summed E-state index contributed by atoms with van der Waals surface area (Å²) in [4.78, 5) is 0. The highest BCUT2D eigenvalue weighted by Crippen LogP contribution is 2.42. The van der Waals surface area contributed by atoms with Crippen molar-refractivity contribution in [3.8, 4) is 46.0 Å². The number of hydrogen-bond donors (Lipinski definition) is 1. The summed E-state index contributed by atoms with van der Waals surface area (Å²) >= 11 is 0. The Labute approximate surface area is 639 Å². The zero-order chi connectivity index (χ0) is 78.0. The van der Waals surface area contributed by atoms with E-state index in [0.717, 1.165) is 0 Å². The van der Waals surface area contributed by atoms with Crippen LogP contribution < -0.4 is 37.9 Å². The van der Waals surface area contributed by atoms with Gasteiger partial charge in [-0.05, 0) is 164 Å². The molecule has 0 fully saturated rings. The third-order valence-corrected chi connectivity index (χ3v) is 14.6. The number of rotatable bonds is 47. The molecule has 0 saturated heterocycles. The molecule has 1 heterocycles. The third kappa shape index (κ3) is 50.0. The highest BCUT2D eigenvalue weighted by atomic mass is 16.6. The minimum atomic E-state index is -0.435. The summed E-state index contributed by atoms with van der Waals surface area (Å²) in [7, 11) is 0. The van der Waals surface area contributed by atoms with Gasteiger partial charge in [0.1, 0.15) is 64.4 Å². The van der Waals surface area contributed by atoms with Crippen molar-refractivity contribution in [3.63, 3.8) is 0 Å². The highest BCUT2D eigenvalue weighted by molar-refractivity contribution is 5.55. The van der Waals surface area contributed by atoms with E-state index in [1.54, 1.807) is 18.2 Å². The van der Waals surface area contributed by atoms with Gasteiger partial charge < -0.3 is 128 Å². The first-order valence-corrected chi connectivity index (χ1v) is 38.0. The second-order valence-electron chi connectivity index (χ2n) is 30.1. The van der Waals surface area contributed by atoms with Crippen LogP contribution in [0.2, 0.25) is 0 Å². The fourth-order valence-electron chi connectivity index (χ4n) is 10.1. The molecule has 0 radical (unpaired) electrons. The van der Waals surface area contributed by atoms with Gasteiger partial charge in [0.15, 0.2) is 23.0 Å². The molecule has 1 aliphatic heterocycles. The Balaban J connectivity index is 1.58. The van der Waals surface area contributed by atoms with E-state index < -0.39 is 11.2 Å². The van der Waals surface area contributed by atoms with E-state index in [9.17, 15) is 5.11 Å². The number of ether oxygens (including phenoxy) is 26. The molecule has 0 unspecified atom stereocenters. The summed E-state index contributed by atoms with van der Waals surface area (Å²) in [6.07, 6.45) is 0.679.